The molecule has 0 amide bonds. The monoisotopic (exact) mass is 255 g/mol. The van der Waals surface area contributed by atoms with Crippen LogP contribution < -0.4 is 5.73 Å². The minimum Gasteiger partial charge on any atom is -0.339 e. The Hall–Kier alpha value is -1.68. The van der Waals surface area contributed by atoms with Crippen molar-refractivity contribution in [3.63, 3.8) is 0 Å². The molecule has 2 aliphatic carbocycles. The number of hydrogen-bond donors (Lipinski definition) is 1. The largest absolute Gasteiger partial charge is 0.339 e. The van der Waals surface area contributed by atoms with Crippen molar-refractivity contribution in [2.45, 2.75) is 31.1 Å². The van der Waals surface area contributed by atoms with Crippen molar-refractivity contribution >= 4 is 0 Å². The summed E-state index contributed by atoms with van der Waals surface area (Å²) in [6.07, 6.45) is 3.11. The van der Waals surface area contributed by atoms with Gasteiger partial charge in [-0.15, -0.1) is 0 Å². The summed E-state index contributed by atoms with van der Waals surface area (Å²) in [6, 6.07) is 8.75. The Labute approximate surface area is 112 Å². The van der Waals surface area contributed by atoms with E-state index in [-0.39, 0.29) is 0 Å². The molecule has 4 nitrogen and oxygen atoms in total. The van der Waals surface area contributed by atoms with Crippen LogP contribution in [0, 0.1) is 5.92 Å². The molecule has 2 aliphatic rings. The lowest BCUT2D eigenvalue weighted by molar-refractivity contribution is 0.369. The third kappa shape index (κ3) is 1.70. The number of hydrogen-bond acceptors (Lipinski definition) is 4. The van der Waals surface area contributed by atoms with E-state index >= 15 is 0 Å². The predicted octanol–water partition coefficient (Wildman–Crippen LogP) is 2.01. The normalized spacial score (nSPS) is 27.7. The van der Waals surface area contributed by atoms with E-state index in [1.165, 1.54) is 24.0 Å². The SMILES string of the molecule is NCCc1noc(C2C3CCc4ccccc4C32)n1. The van der Waals surface area contributed by atoms with Gasteiger partial charge in [0.05, 0.1) is 0 Å². The minimum absolute atomic E-state index is 0.433. The molecule has 98 valence electrons. The van der Waals surface area contributed by atoms with Crippen LogP contribution in [0.3, 0.4) is 0 Å². The van der Waals surface area contributed by atoms with E-state index in [9.17, 15) is 0 Å². The quantitative estimate of drug-likeness (QED) is 0.911. The van der Waals surface area contributed by atoms with Gasteiger partial charge in [-0.05, 0) is 42.3 Å². The van der Waals surface area contributed by atoms with E-state index in [0.29, 0.717) is 30.7 Å². The maximum Gasteiger partial charge on any atom is 0.230 e. The van der Waals surface area contributed by atoms with Crippen molar-refractivity contribution in [1.29, 1.82) is 0 Å². The lowest BCUT2D eigenvalue weighted by atomic mass is 9.92. The van der Waals surface area contributed by atoms with E-state index < -0.39 is 0 Å². The number of nitrogens with zero attached hydrogens (tertiary/aromatic N) is 2. The van der Waals surface area contributed by atoms with E-state index in [1.54, 1.807) is 0 Å². The van der Waals surface area contributed by atoms with Gasteiger partial charge in [-0.1, -0.05) is 29.4 Å². The summed E-state index contributed by atoms with van der Waals surface area (Å²) < 4.78 is 5.43. The maximum absolute atomic E-state index is 5.52. The fraction of sp³-hybridized carbons (Fsp3) is 0.467. The molecular formula is C15H17N3O. The summed E-state index contributed by atoms with van der Waals surface area (Å²) in [5.41, 5.74) is 8.50. The molecule has 0 radical (unpaired) electrons. The highest BCUT2D eigenvalue weighted by molar-refractivity contribution is 5.42. The zero-order chi connectivity index (χ0) is 12.8. The summed E-state index contributed by atoms with van der Waals surface area (Å²) in [5.74, 6) is 3.28. The third-order valence-corrected chi connectivity index (χ3v) is 4.47. The second-order valence-corrected chi connectivity index (χ2v) is 5.54. The van der Waals surface area contributed by atoms with E-state index in [0.717, 1.165) is 11.7 Å². The lowest BCUT2D eigenvalue weighted by Gasteiger charge is -2.13. The molecule has 2 aromatic rings. The van der Waals surface area contributed by atoms with Crippen LogP contribution >= 0.6 is 0 Å². The molecule has 4 rings (SSSR count). The van der Waals surface area contributed by atoms with Gasteiger partial charge in [0, 0.05) is 12.3 Å². The van der Waals surface area contributed by atoms with Crippen molar-refractivity contribution in [1.82, 2.24) is 10.1 Å². The molecule has 3 atom stereocenters. The van der Waals surface area contributed by atoms with Crippen molar-refractivity contribution < 1.29 is 4.52 Å². The molecule has 3 unspecified atom stereocenters. The highest BCUT2D eigenvalue weighted by atomic mass is 16.5. The molecule has 19 heavy (non-hydrogen) atoms. The molecule has 1 fully saturated rings. The van der Waals surface area contributed by atoms with Gasteiger partial charge in [-0.2, -0.15) is 4.98 Å². The Morgan fingerprint density at radius 2 is 2.16 bits per heavy atom. The Balaban J connectivity index is 1.62. The molecule has 2 N–H and O–H groups in total. The Morgan fingerprint density at radius 1 is 1.26 bits per heavy atom. The standard InChI is InChI=1S/C15H17N3O/c16-8-7-12-17-15(19-18-12)14-11-6-5-9-3-1-2-4-10(9)13(11)14/h1-4,11,13-14H,5-8,16H2. The van der Waals surface area contributed by atoms with Crippen LogP contribution in [0.5, 0.6) is 0 Å². The fourth-order valence-electron chi connectivity index (χ4n) is 3.54. The molecule has 1 aromatic heterocycles. The van der Waals surface area contributed by atoms with Crippen molar-refractivity contribution in [3.05, 3.63) is 47.1 Å². The van der Waals surface area contributed by atoms with Crippen LogP contribution in [0.4, 0.5) is 0 Å². The summed E-state index contributed by atoms with van der Waals surface area (Å²) in [7, 11) is 0. The predicted molar refractivity (Wildman–Crippen MR) is 70.8 cm³/mol. The first-order chi connectivity index (χ1) is 9.38. The van der Waals surface area contributed by atoms with Gasteiger partial charge in [-0.3, -0.25) is 0 Å². The van der Waals surface area contributed by atoms with Gasteiger partial charge in [-0.25, -0.2) is 0 Å². The third-order valence-electron chi connectivity index (χ3n) is 4.47. The van der Waals surface area contributed by atoms with Gasteiger partial charge in [0.2, 0.25) is 5.89 Å². The van der Waals surface area contributed by atoms with Gasteiger partial charge < -0.3 is 10.3 Å². The van der Waals surface area contributed by atoms with Gasteiger partial charge in [0.1, 0.15) is 0 Å². The summed E-state index contributed by atoms with van der Waals surface area (Å²) in [5, 5.41) is 4.01. The minimum atomic E-state index is 0.433. The van der Waals surface area contributed by atoms with Crippen LogP contribution in [0.1, 0.15) is 41.1 Å². The highest BCUT2D eigenvalue weighted by Crippen LogP contribution is 2.64. The lowest BCUT2D eigenvalue weighted by Crippen LogP contribution is -2.03. The first-order valence-electron chi connectivity index (χ1n) is 6.99. The van der Waals surface area contributed by atoms with E-state index in [2.05, 4.69) is 34.4 Å². The molecular weight excluding hydrogens is 238 g/mol. The molecule has 0 saturated heterocycles. The first kappa shape index (κ1) is 11.2. The second kappa shape index (κ2) is 4.17. The molecule has 0 bridgehead atoms. The molecule has 1 aromatic carbocycles. The summed E-state index contributed by atoms with van der Waals surface area (Å²) in [6.45, 7) is 0.569. The highest BCUT2D eigenvalue weighted by Gasteiger charge is 2.56. The zero-order valence-corrected chi connectivity index (χ0v) is 10.7. The van der Waals surface area contributed by atoms with Crippen LogP contribution in [-0.4, -0.2) is 16.7 Å². The van der Waals surface area contributed by atoms with Crippen molar-refractivity contribution in [2.75, 3.05) is 6.54 Å². The zero-order valence-electron chi connectivity index (χ0n) is 10.7. The van der Waals surface area contributed by atoms with E-state index in [4.69, 9.17) is 10.3 Å². The number of fused-ring (bicyclic) bond motifs is 3. The van der Waals surface area contributed by atoms with Crippen molar-refractivity contribution in [2.24, 2.45) is 11.7 Å². The fourth-order valence-corrected chi connectivity index (χ4v) is 3.54. The Morgan fingerprint density at radius 3 is 3.05 bits per heavy atom. The van der Waals surface area contributed by atoms with E-state index in [1.807, 2.05) is 0 Å². The number of nitrogens with two attached hydrogens (primary N) is 1. The van der Waals surface area contributed by atoms with Crippen LogP contribution in [-0.2, 0) is 12.8 Å². The number of rotatable bonds is 3. The van der Waals surface area contributed by atoms with Gasteiger partial charge >= 0.3 is 0 Å². The Kier molecular flexibility index (Phi) is 2.45. The van der Waals surface area contributed by atoms with Crippen molar-refractivity contribution in [3.8, 4) is 0 Å². The topological polar surface area (TPSA) is 64.9 Å². The number of aryl methyl sites for hydroxylation is 1. The summed E-state index contributed by atoms with van der Waals surface area (Å²) >= 11 is 0. The van der Waals surface area contributed by atoms with Crippen LogP contribution in [0.15, 0.2) is 28.8 Å². The van der Waals surface area contributed by atoms with Gasteiger partial charge in [0.15, 0.2) is 5.82 Å². The first-order valence-corrected chi connectivity index (χ1v) is 6.99. The average Bonchev–Trinajstić information content (AvgIpc) is 3.02. The second-order valence-electron chi connectivity index (χ2n) is 5.54. The molecule has 0 aliphatic heterocycles. The number of benzene rings is 1. The molecule has 1 saturated carbocycles. The Bertz CT molecular complexity index is 607. The maximum atomic E-state index is 5.52. The average molecular weight is 255 g/mol. The number of aromatic nitrogens is 2. The summed E-state index contributed by atoms with van der Waals surface area (Å²) in [4.78, 5) is 4.50. The van der Waals surface area contributed by atoms with Crippen LogP contribution in [0.25, 0.3) is 0 Å². The molecule has 4 heteroatoms. The van der Waals surface area contributed by atoms with Crippen LogP contribution in [0.2, 0.25) is 0 Å². The van der Waals surface area contributed by atoms with Gasteiger partial charge in [0.25, 0.3) is 0 Å². The molecule has 1 heterocycles. The smallest absolute Gasteiger partial charge is 0.230 e. The molecule has 0 spiro atoms.